The first kappa shape index (κ1) is 25.5. The van der Waals surface area contributed by atoms with Gasteiger partial charge in [0.05, 0.1) is 10.0 Å². The minimum Gasteiger partial charge on any atom is -0.352 e. The van der Waals surface area contributed by atoms with Gasteiger partial charge in [0.15, 0.2) is 0 Å². The summed E-state index contributed by atoms with van der Waals surface area (Å²) in [5.74, 6) is -0.264. The van der Waals surface area contributed by atoms with Crippen LogP contribution in [0, 0.1) is 0 Å². The molecule has 0 heterocycles. The van der Waals surface area contributed by atoms with Crippen molar-refractivity contribution in [2.45, 2.75) is 65.1 Å². The summed E-state index contributed by atoms with van der Waals surface area (Å²) in [5, 5.41) is 4.50. The molecule has 0 aromatic heterocycles. The summed E-state index contributed by atoms with van der Waals surface area (Å²) >= 11 is 18.5. The molecule has 31 heavy (non-hydrogen) atoms. The van der Waals surface area contributed by atoms with E-state index in [1.165, 1.54) is 0 Å². The van der Waals surface area contributed by atoms with Crippen molar-refractivity contribution >= 4 is 46.6 Å². The maximum atomic E-state index is 13.3. The first-order valence-electron chi connectivity index (χ1n) is 10.5. The maximum Gasteiger partial charge on any atom is 0.243 e. The molecule has 4 nitrogen and oxygen atoms in total. The van der Waals surface area contributed by atoms with Gasteiger partial charge in [-0.05, 0) is 55.5 Å². The third-order valence-electron chi connectivity index (χ3n) is 5.29. The highest BCUT2D eigenvalue weighted by atomic mass is 35.5. The Kier molecular flexibility index (Phi) is 10.1. The SMILES string of the molecule is CC[C@@H](C)NC(=O)[C@H](CC)N(Cc1ccc(Cl)c(Cl)c1)C(=O)CCc1ccccc1Cl. The highest BCUT2D eigenvalue weighted by Crippen LogP contribution is 2.25. The maximum absolute atomic E-state index is 13.3. The quantitative estimate of drug-likeness (QED) is 0.431. The second-order valence-corrected chi connectivity index (χ2v) is 8.83. The van der Waals surface area contributed by atoms with Crippen molar-refractivity contribution in [3.05, 3.63) is 68.7 Å². The van der Waals surface area contributed by atoms with E-state index in [0.29, 0.717) is 27.9 Å². The molecular formula is C24H29Cl3N2O2. The molecule has 1 N–H and O–H groups in total. The molecule has 0 aliphatic rings. The van der Waals surface area contributed by atoms with Gasteiger partial charge in [-0.1, -0.05) is 72.9 Å². The van der Waals surface area contributed by atoms with Crippen LogP contribution in [0.4, 0.5) is 0 Å². The smallest absolute Gasteiger partial charge is 0.243 e. The average Bonchev–Trinajstić information content (AvgIpc) is 2.75. The zero-order valence-corrected chi connectivity index (χ0v) is 20.4. The van der Waals surface area contributed by atoms with Gasteiger partial charge in [-0.25, -0.2) is 0 Å². The number of nitrogens with zero attached hydrogens (tertiary/aromatic N) is 1. The second-order valence-electron chi connectivity index (χ2n) is 7.60. The molecule has 0 unspecified atom stereocenters. The molecule has 0 bridgehead atoms. The number of amides is 2. The van der Waals surface area contributed by atoms with Crippen LogP contribution in [0.1, 0.15) is 51.2 Å². The van der Waals surface area contributed by atoms with E-state index < -0.39 is 6.04 Å². The average molecular weight is 484 g/mol. The van der Waals surface area contributed by atoms with Gasteiger partial charge in [-0.3, -0.25) is 9.59 Å². The van der Waals surface area contributed by atoms with Crippen molar-refractivity contribution in [1.29, 1.82) is 0 Å². The van der Waals surface area contributed by atoms with Gasteiger partial charge >= 0.3 is 0 Å². The summed E-state index contributed by atoms with van der Waals surface area (Å²) in [4.78, 5) is 27.9. The van der Waals surface area contributed by atoms with E-state index in [1.54, 1.807) is 17.0 Å². The number of aryl methyl sites for hydroxylation is 1. The molecule has 7 heteroatoms. The third-order valence-corrected chi connectivity index (χ3v) is 6.40. The molecule has 2 aromatic carbocycles. The van der Waals surface area contributed by atoms with Crippen molar-refractivity contribution < 1.29 is 9.59 Å². The summed E-state index contributed by atoms with van der Waals surface area (Å²) < 4.78 is 0. The number of hydrogen-bond donors (Lipinski definition) is 1. The minimum atomic E-state index is -0.581. The Morgan fingerprint density at radius 2 is 1.68 bits per heavy atom. The Bertz CT molecular complexity index is 904. The number of hydrogen-bond acceptors (Lipinski definition) is 2. The van der Waals surface area contributed by atoms with Crippen LogP contribution in [0.3, 0.4) is 0 Å². The Morgan fingerprint density at radius 3 is 2.29 bits per heavy atom. The molecule has 2 rings (SSSR count). The summed E-state index contributed by atoms with van der Waals surface area (Å²) in [7, 11) is 0. The number of halogens is 3. The lowest BCUT2D eigenvalue weighted by molar-refractivity contribution is -0.141. The van der Waals surface area contributed by atoms with Crippen LogP contribution in [0.15, 0.2) is 42.5 Å². The van der Waals surface area contributed by atoms with Crippen LogP contribution < -0.4 is 5.32 Å². The number of carbonyl (C=O) groups excluding carboxylic acids is 2. The molecule has 0 saturated carbocycles. The van der Waals surface area contributed by atoms with Gasteiger partial charge in [0.25, 0.3) is 0 Å². The van der Waals surface area contributed by atoms with Crippen LogP contribution in [0.5, 0.6) is 0 Å². The molecule has 2 atom stereocenters. The summed E-state index contributed by atoms with van der Waals surface area (Å²) in [6.45, 7) is 6.13. The van der Waals surface area contributed by atoms with Crippen LogP contribution in [0.25, 0.3) is 0 Å². The molecule has 168 valence electrons. The van der Waals surface area contributed by atoms with Crippen molar-refractivity contribution in [3.63, 3.8) is 0 Å². The van der Waals surface area contributed by atoms with Crippen molar-refractivity contribution in [1.82, 2.24) is 10.2 Å². The minimum absolute atomic E-state index is 0.0339. The first-order chi connectivity index (χ1) is 14.8. The Hall–Kier alpha value is -1.75. The lowest BCUT2D eigenvalue weighted by Gasteiger charge is -2.31. The van der Waals surface area contributed by atoms with Gasteiger partial charge in [0.2, 0.25) is 11.8 Å². The van der Waals surface area contributed by atoms with Gasteiger partial charge in [-0.2, -0.15) is 0 Å². The van der Waals surface area contributed by atoms with Gasteiger partial charge < -0.3 is 10.2 Å². The number of nitrogens with one attached hydrogen (secondary N) is 1. The van der Waals surface area contributed by atoms with E-state index >= 15 is 0 Å². The standard InChI is InChI=1S/C24H29Cl3N2O2/c1-4-16(3)28-24(31)22(5-2)29(15-17-10-12-20(26)21(27)14-17)23(30)13-11-18-8-6-7-9-19(18)25/h6-10,12,14,16,22H,4-5,11,13,15H2,1-3H3,(H,28,31)/t16-,22+/m1/s1. The highest BCUT2D eigenvalue weighted by molar-refractivity contribution is 6.42. The fraction of sp³-hybridized carbons (Fsp3) is 0.417. The Labute approximate surface area is 199 Å². The molecule has 0 spiro atoms. The van der Waals surface area contributed by atoms with Crippen molar-refractivity contribution in [2.24, 2.45) is 0 Å². The monoisotopic (exact) mass is 482 g/mol. The molecule has 0 fully saturated rings. The zero-order chi connectivity index (χ0) is 23.0. The van der Waals surface area contributed by atoms with E-state index in [1.807, 2.05) is 51.1 Å². The predicted octanol–water partition coefficient (Wildman–Crippen LogP) is 6.30. The highest BCUT2D eigenvalue weighted by Gasteiger charge is 2.29. The lowest BCUT2D eigenvalue weighted by Crippen LogP contribution is -2.50. The van der Waals surface area contributed by atoms with Crippen LogP contribution in [0.2, 0.25) is 15.1 Å². The van der Waals surface area contributed by atoms with E-state index in [0.717, 1.165) is 17.5 Å². The molecule has 0 aliphatic heterocycles. The van der Waals surface area contributed by atoms with Gasteiger partial charge in [0, 0.05) is 24.0 Å². The third kappa shape index (κ3) is 7.41. The van der Waals surface area contributed by atoms with Crippen molar-refractivity contribution in [3.8, 4) is 0 Å². The van der Waals surface area contributed by atoms with E-state index in [9.17, 15) is 9.59 Å². The molecule has 0 radical (unpaired) electrons. The Balaban J connectivity index is 2.26. The van der Waals surface area contributed by atoms with Crippen LogP contribution >= 0.6 is 34.8 Å². The van der Waals surface area contributed by atoms with Crippen molar-refractivity contribution in [2.75, 3.05) is 0 Å². The van der Waals surface area contributed by atoms with Crippen LogP contribution in [-0.2, 0) is 22.6 Å². The summed E-state index contributed by atoms with van der Waals surface area (Å²) in [6.07, 6.45) is 2.06. The topological polar surface area (TPSA) is 49.4 Å². The van der Waals surface area contributed by atoms with Gasteiger partial charge in [0.1, 0.15) is 6.04 Å². The lowest BCUT2D eigenvalue weighted by atomic mass is 10.1. The van der Waals surface area contributed by atoms with Gasteiger partial charge in [-0.15, -0.1) is 0 Å². The Morgan fingerprint density at radius 1 is 0.968 bits per heavy atom. The molecule has 0 saturated heterocycles. The number of rotatable bonds is 10. The predicted molar refractivity (Wildman–Crippen MR) is 129 cm³/mol. The molecule has 0 aliphatic carbocycles. The molecular weight excluding hydrogens is 455 g/mol. The van der Waals surface area contributed by atoms with E-state index in [-0.39, 0.29) is 30.8 Å². The fourth-order valence-electron chi connectivity index (χ4n) is 3.28. The summed E-state index contributed by atoms with van der Waals surface area (Å²) in [5.41, 5.74) is 1.72. The normalized spacial score (nSPS) is 12.8. The largest absolute Gasteiger partial charge is 0.352 e. The fourth-order valence-corrected chi connectivity index (χ4v) is 3.83. The number of carbonyl (C=O) groups is 2. The molecule has 2 amide bonds. The molecule has 2 aromatic rings. The van der Waals surface area contributed by atoms with E-state index in [2.05, 4.69) is 5.32 Å². The summed E-state index contributed by atoms with van der Waals surface area (Å²) in [6, 6.07) is 12.2. The van der Waals surface area contributed by atoms with Crippen LogP contribution in [-0.4, -0.2) is 28.8 Å². The first-order valence-corrected chi connectivity index (χ1v) is 11.7. The second kappa shape index (κ2) is 12.3. The van der Waals surface area contributed by atoms with E-state index in [4.69, 9.17) is 34.8 Å². The zero-order valence-electron chi connectivity index (χ0n) is 18.1. The number of benzene rings is 2.